The van der Waals surface area contributed by atoms with Crippen LogP contribution in [0.25, 0.3) is 0 Å². The lowest BCUT2D eigenvalue weighted by Gasteiger charge is -2.11. The van der Waals surface area contributed by atoms with Gasteiger partial charge in [-0.15, -0.1) is 35.0 Å². The minimum absolute atomic E-state index is 0.475. The van der Waals surface area contributed by atoms with Crippen LogP contribution in [0.15, 0.2) is 0 Å². The summed E-state index contributed by atoms with van der Waals surface area (Å²) in [6.45, 7) is 0. The van der Waals surface area contributed by atoms with E-state index >= 15 is 0 Å². The van der Waals surface area contributed by atoms with Crippen LogP contribution in [0.2, 0.25) is 0 Å². The third-order valence-electron chi connectivity index (χ3n) is 2.04. The van der Waals surface area contributed by atoms with E-state index in [9.17, 15) is 9.59 Å². The van der Waals surface area contributed by atoms with Crippen molar-refractivity contribution in [2.75, 3.05) is 14.2 Å². The van der Waals surface area contributed by atoms with Gasteiger partial charge in [-0.3, -0.25) is 9.59 Å². The summed E-state index contributed by atoms with van der Waals surface area (Å²) >= 11 is 13.0. The van der Waals surface area contributed by atoms with Crippen LogP contribution in [0.1, 0.15) is 0 Å². The molecule has 0 amide bonds. The maximum Gasteiger partial charge on any atom is 0.320 e. The highest BCUT2D eigenvalue weighted by molar-refractivity contribution is 8.02. The molecule has 4 nitrogen and oxygen atoms in total. The van der Waals surface area contributed by atoms with Crippen LogP contribution in [0.3, 0.4) is 0 Å². The van der Waals surface area contributed by atoms with E-state index in [1.807, 2.05) is 0 Å². The molecule has 7 heteroatoms. The molecule has 0 aliphatic carbocycles. The number of carbonyl (C=O) groups is 2. The SMILES string of the molecule is COC(=O)C1SC(C(=O)OC)C(Cl)C1Cl. The van der Waals surface area contributed by atoms with Crippen LogP contribution in [0.4, 0.5) is 0 Å². The molecule has 0 aromatic carbocycles. The second-order valence-corrected chi connectivity index (χ2v) is 5.21. The average Bonchev–Trinajstić information content (AvgIpc) is 2.54. The van der Waals surface area contributed by atoms with Crippen molar-refractivity contribution in [2.45, 2.75) is 21.3 Å². The van der Waals surface area contributed by atoms with Gasteiger partial charge in [-0.1, -0.05) is 0 Å². The van der Waals surface area contributed by atoms with Gasteiger partial charge in [0.25, 0.3) is 0 Å². The van der Waals surface area contributed by atoms with Gasteiger partial charge in [0.1, 0.15) is 10.5 Å². The van der Waals surface area contributed by atoms with E-state index in [0.29, 0.717) is 0 Å². The highest BCUT2D eigenvalue weighted by atomic mass is 35.5. The number of thioether (sulfide) groups is 1. The molecular weight excluding hydrogens is 263 g/mol. The van der Waals surface area contributed by atoms with E-state index in [1.165, 1.54) is 14.2 Å². The van der Waals surface area contributed by atoms with Crippen LogP contribution in [-0.2, 0) is 19.1 Å². The molecule has 0 spiro atoms. The molecule has 1 fully saturated rings. The fourth-order valence-corrected chi connectivity index (χ4v) is 3.64. The lowest BCUT2D eigenvalue weighted by atomic mass is 10.2. The van der Waals surface area contributed by atoms with Gasteiger partial charge in [0.15, 0.2) is 0 Å². The Labute approximate surface area is 102 Å². The highest BCUT2D eigenvalue weighted by Gasteiger charge is 2.49. The van der Waals surface area contributed by atoms with Gasteiger partial charge in [-0.2, -0.15) is 0 Å². The molecule has 1 aliphatic rings. The molecule has 0 radical (unpaired) electrons. The van der Waals surface area contributed by atoms with E-state index < -0.39 is 33.2 Å². The summed E-state index contributed by atoms with van der Waals surface area (Å²) in [5, 5.41) is -2.51. The topological polar surface area (TPSA) is 52.6 Å². The van der Waals surface area contributed by atoms with Gasteiger partial charge in [0.2, 0.25) is 0 Å². The van der Waals surface area contributed by atoms with Crippen molar-refractivity contribution < 1.29 is 19.1 Å². The lowest BCUT2D eigenvalue weighted by Crippen LogP contribution is -2.31. The molecule has 0 aromatic rings. The zero-order valence-electron chi connectivity index (χ0n) is 8.11. The summed E-state index contributed by atoms with van der Waals surface area (Å²) < 4.78 is 9.12. The molecule has 4 atom stereocenters. The monoisotopic (exact) mass is 272 g/mol. The number of methoxy groups -OCH3 is 2. The standard InChI is InChI=1S/C8H10Cl2O4S/c1-13-7(11)5-3(9)4(10)6(15-5)8(12)14-2/h3-6H,1-2H3. The third-order valence-corrected chi connectivity index (χ3v) is 5.08. The Morgan fingerprint density at radius 1 is 1.00 bits per heavy atom. The first-order valence-corrected chi connectivity index (χ1v) is 5.93. The molecule has 0 bridgehead atoms. The number of carbonyl (C=O) groups excluding carboxylic acids is 2. The van der Waals surface area contributed by atoms with Crippen LogP contribution in [0, 0.1) is 0 Å². The fourth-order valence-electron chi connectivity index (χ4n) is 1.25. The predicted molar refractivity (Wildman–Crippen MR) is 58.5 cm³/mol. The summed E-state index contributed by atoms with van der Waals surface area (Å²) in [6.07, 6.45) is 0. The quantitative estimate of drug-likeness (QED) is 0.555. The summed E-state index contributed by atoms with van der Waals surface area (Å²) in [5.41, 5.74) is 0. The Hall–Kier alpha value is -0.130. The Kier molecular flexibility index (Phi) is 4.55. The van der Waals surface area contributed by atoms with Gasteiger partial charge >= 0.3 is 11.9 Å². The van der Waals surface area contributed by atoms with E-state index in [-0.39, 0.29) is 0 Å². The van der Waals surface area contributed by atoms with Gasteiger partial charge in [0.05, 0.1) is 25.0 Å². The van der Waals surface area contributed by atoms with Crippen molar-refractivity contribution in [2.24, 2.45) is 0 Å². The van der Waals surface area contributed by atoms with E-state index in [0.717, 1.165) is 11.8 Å². The number of rotatable bonds is 2. The van der Waals surface area contributed by atoms with Crippen LogP contribution < -0.4 is 0 Å². The van der Waals surface area contributed by atoms with Crippen molar-refractivity contribution in [3.8, 4) is 0 Å². The molecule has 4 unspecified atom stereocenters. The maximum atomic E-state index is 11.3. The molecule has 0 aromatic heterocycles. The molecule has 15 heavy (non-hydrogen) atoms. The number of halogens is 2. The molecule has 0 saturated carbocycles. The third kappa shape index (κ3) is 2.52. The minimum atomic E-state index is -0.631. The second-order valence-electron chi connectivity index (χ2n) is 2.91. The molecule has 1 aliphatic heterocycles. The first kappa shape index (κ1) is 12.9. The number of alkyl halides is 2. The smallest absolute Gasteiger partial charge is 0.320 e. The summed E-state index contributed by atoms with van der Waals surface area (Å²) in [5.74, 6) is -0.950. The molecule has 1 rings (SSSR count). The second kappa shape index (κ2) is 5.27. The minimum Gasteiger partial charge on any atom is -0.468 e. The van der Waals surface area contributed by atoms with E-state index in [1.54, 1.807) is 0 Å². The molecular formula is C8H10Cl2O4S. The largest absolute Gasteiger partial charge is 0.468 e. The summed E-state index contributed by atoms with van der Waals surface area (Å²) in [7, 11) is 2.53. The van der Waals surface area contributed by atoms with Crippen molar-refractivity contribution in [3.63, 3.8) is 0 Å². The summed E-state index contributed by atoms with van der Waals surface area (Å²) in [6, 6.07) is 0. The van der Waals surface area contributed by atoms with Crippen LogP contribution >= 0.6 is 35.0 Å². The summed E-state index contributed by atoms with van der Waals surface area (Å²) in [4.78, 5) is 22.6. The molecule has 86 valence electrons. The van der Waals surface area contributed by atoms with Crippen LogP contribution in [0.5, 0.6) is 0 Å². The Morgan fingerprint density at radius 3 is 1.60 bits per heavy atom. The van der Waals surface area contributed by atoms with Gasteiger partial charge in [0, 0.05) is 0 Å². The average molecular weight is 273 g/mol. The fraction of sp³-hybridized carbons (Fsp3) is 0.750. The first-order valence-electron chi connectivity index (χ1n) is 4.12. The van der Waals surface area contributed by atoms with Gasteiger partial charge < -0.3 is 9.47 Å². The first-order chi connectivity index (χ1) is 7.02. The Morgan fingerprint density at radius 2 is 1.33 bits per heavy atom. The number of hydrogen-bond acceptors (Lipinski definition) is 5. The number of esters is 2. The zero-order valence-corrected chi connectivity index (χ0v) is 10.4. The van der Waals surface area contributed by atoms with Crippen molar-refractivity contribution in [3.05, 3.63) is 0 Å². The molecule has 0 N–H and O–H groups in total. The molecule has 1 heterocycles. The Bertz CT molecular complexity index is 247. The number of ether oxygens (including phenoxy) is 2. The lowest BCUT2D eigenvalue weighted by molar-refractivity contribution is -0.140. The van der Waals surface area contributed by atoms with Crippen molar-refractivity contribution in [1.82, 2.24) is 0 Å². The normalized spacial score (nSPS) is 34.9. The Balaban J connectivity index is 2.75. The maximum absolute atomic E-state index is 11.3. The van der Waals surface area contributed by atoms with Gasteiger partial charge in [-0.05, 0) is 0 Å². The number of hydrogen-bond donors (Lipinski definition) is 0. The molecule has 1 saturated heterocycles. The highest BCUT2D eigenvalue weighted by Crippen LogP contribution is 2.41. The van der Waals surface area contributed by atoms with Crippen molar-refractivity contribution in [1.29, 1.82) is 0 Å². The van der Waals surface area contributed by atoms with E-state index in [4.69, 9.17) is 23.2 Å². The van der Waals surface area contributed by atoms with Gasteiger partial charge in [-0.25, -0.2) is 0 Å². The van der Waals surface area contributed by atoms with Crippen molar-refractivity contribution >= 4 is 46.9 Å². The van der Waals surface area contributed by atoms with Crippen LogP contribution in [-0.4, -0.2) is 47.4 Å². The predicted octanol–water partition coefficient (Wildman–Crippen LogP) is 1.03. The zero-order chi connectivity index (χ0) is 11.6. The van der Waals surface area contributed by atoms with E-state index in [2.05, 4.69) is 9.47 Å².